The molecule has 2 aromatic rings. The lowest BCUT2D eigenvalue weighted by atomic mass is 9.79. The topological polar surface area (TPSA) is 51.2 Å². The van der Waals surface area contributed by atoms with Crippen LogP contribution < -0.4 is 10.4 Å². The summed E-state index contributed by atoms with van der Waals surface area (Å²) in [5.74, 6) is 0. The molecule has 0 spiro atoms. The Hall–Kier alpha value is -2.51. The van der Waals surface area contributed by atoms with Gasteiger partial charge >= 0.3 is 13.2 Å². The number of nitrogens with zero attached hydrogens (tertiary/aromatic N) is 2. The predicted molar refractivity (Wildman–Crippen MR) is 123 cm³/mol. The molecule has 0 atom stereocenters. The second-order valence-corrected chi connectivity index (χ2v) is 9.19. The van der Waals surface area contributed by atoms with E-state index in [-0.39, 0.29) is 24.4 Å². The molecular weight excluding hydrogens is 391 g/mol. The molecule has 7 heteroatoms. The molecule has 0 N–H and O–H groups in total. The molecule has 0 saturated carbocycles. The van der Waals surface area contributed by atoms with Gasteiger partial charge in [-0.1, -0.05) is 42.5 Å². The molecule has 2 aliphatic heterocycles. The second-order valence-electron chi connectivity index (χ2n) is 9.19. The van der Waals surface area contributed by atoms with Gasteiger partial charge in [0.2, 0.25) is 0 Å². The van der Waals surface area contributed by atoms with Gasteiger partial charge in [0.05, 0.1) is 11.2 Å². The van der Waals surface area contributed by atoms with Crippen molar-refractivity contribution < 1.29 is 18.8 Å². The van der Waals surface area contributed by atoms with Crippen LogP contribution in [0.4, 0.5) is 10.5 Å². The minimum Gasteiger partial charge on any atom is -0.445 e. The quantitative estimate of drug-likeness (QED) is 0.707. The van der Waals surface area contributed by atoms with Crippen molar-refractivity contribution in [2.75, 3.05) is 31.1 Å². The molecule has 2 fully saturated rings. The summed E-state index contributed by atoms with van der Waals surface area (Å²) in [7, 11) is -0.352. The highest BCUT2D eigenvalue weighted by atomic mass is 16.7. The summed E-state index contributed by atoms with van der Waals surface area (Å²) in [5, 5.41) is 0. The van der Waals surface area contributed by atoms with Crippen molar-refractivity contribution >= 4 is 24.4 Å². The van der Waals surface area contributed by atoms with E-state index in [1.807, 2.05) is 30.3 Å². The Morgan fingerprint density at radius 2 is 1.48 bits per heavy atom. The van der Waals surface area contributed by atoms with Crippen molar-refractivity contribution in [2.24, 2.45) is 0 Å². The van der Waals surface area contributed by atoms with Crippen LogP contribution in [-0.2, 0) is 20.7 Å². The van der Waals surface area contributed by atoms with Crippen LogP contribution in [0, 0.1) is 0 Å². The number of ether oxygens (including phenoxy) is 1. The Kier molecular flexibility index (Phi) is 5.99. The highest BCUT2D eigenvalue weighted by molar-refractivity contribution is 6.62. The van der Waals surface area contributed by atoms with Gasteiger partial charge in [-0.15, -0.1) is 0 Å². The third-order valence-corrected chi connectivity index (χ3v) is 6.53. The van der Waals surface area contributed by atoms with Crippen molar-refractivity contribution in [1.82, 2.24) is 4.90 Å². The summed E-state index contributed by atoms with van der Waals surface area (Å²) >= 11 is 0. The lowest BCUT2D eigenvalue weighted by Gasteiger charge is -2.35. The molecule has 164 valence electrons. The Morgan fingerprint density at radius 3 is 2.06 bits per heavy atom. The maximum atomic E-state index is 12.4. The second kappa shape index (κ2) is 8.56. The summed E-state index contributed by atoms with van der Waals surface area (Å²) in [6.45, 7) is 11.4. The van der Waals surface area contributed by atoms with Crippen LogP contribution in [-0.4, -0.2) is 55.5 Å². The lowest BCUT2D eigenvalue weighted by molar-refractivity contribution is 0.00578. The number of anilines is 1. The van der Waals surface area contributed by atoms with Gasteiger partial charge in [0.25, 0.3) is 0 Å². The normalized spacial score (nSPS) is 20.1. The van der Waals surface area contributed by atoms with Gasteiger partial charge in [-0.25, -0.2) is 4.79 Å². The fourth-order valence-electron chi connectivity index (χ4n) is 3.78. The van der Waals surface area contributed by atoms with Gasteiger partial charge in [0.15, 0.2) is 0 Å². The van der Waals surface area contributed by atoms with Crippen molar-refractivity contribution in [3.8, 4) is 0 Å². The van der Waals surface area contributed by atoms with Gasteiger partial charge in [-0.2, -0.15) is 0 Å². The summed E-state index contributed by atoms with van der Waals surface area (Å²) in [5.41, 5.74) is 2.46. The zero-order valence-corrected chi connectivity index (χ0v) is 18.8. The van der Waals surface area contributed by atoms with E-state index in [9.17, 15) is 4.79 Å². The van der Waals surface area contributed by atoms with E-state index in [0.29, 0.717) is 19.7 Å². The van der Waals surface area contributed by atoms with Gasteiger partial charge in [-0.3, -0.25) is 0 Å². The molecule has 2 saturated heterocycles. The van der Waals surface area contributed by atoms with E-state index in [1.165, 1.54) is 0 Å². The number of amides is 1. The number of hydrogen-bond acceptors (Lipinski definition) is 5. The first-order valence-electron chi connectivity index (χ1n) is 10.9. The fraction of sp³-hybridized carbons (Fsp3) is 0.458. The molecule has 0 aromatic heterocycles. The molecular formula is C24H31BN2O4. The summed E-state index contributed by atoms with van der Waals surface area (Å²) in [6, 6.07) is 18.1. The Morgan fingerprint density at radius 1 is 0.903 bits per heavy atom. The molecule has 4 rings (SSSR count). The van der Waals surface area contributed by atoms with E-state index in [2.05, 4.69) is 56.9 Å². The average Bonchev–Trinajstić information content (AvgIpc) is 3.00. The number of rotatable bonds is 4. The minimum atomic E-state index is -0.352. The smallest absolute Gasteiger partial charge is 0.445 e. The predicted octanol–water partition coefficient (Wildman–Crippen LogP) is 3.44. The number of carbonyl (C=O) groups is 1. The number of carbonyl (C=O) groups excluding carboxylic acids is 1. The molecule has 0 unspecified atom stereocenters. The molecule has 31 heavy (non-hydrogen) atoms. The average molecular weight is 422 g/mol. The maximum Gasteiger partial charge on any atom is 0.494 e. The Bertz CT molecular complexity index is 878. The molecule has 6 nitrogen and oxygen atoms in total. The molecule has 2 aromatic carbocycles. The van der Waals surface area contributed by atoms with Crippen LogP contribution in [0.1, 0.15) is 33.3 Å². The van der Waals surface area contributed by atoms with E-state index in [4.69, 9.17) is 14.0 Å². The molecule has 0 aliphatic carbocycles. The summed E-state index contributed by atoms with van der Waals surface area (Å²) in [4.78, 5) is 16.4. The zero-order chi connectivity index (χ0) is 22.1. The zero-order valence-electron chi connectivity index (χ0n) is 18.8. The molecule has 0 radical (unpaired) electrons. The maximum absolute atomic E-state index is 12.4. The first-order valence-corrected chi connectivity index (χ1v) is 10.9. The molecule has 2 heterocycles. The molecule has 0 bridgehead atoms. The van der Waals surface area contributed by atoms with E-state index in [0.717, 1.165) is 29.8 Å². The van der Waals surface area contributed by atoms with Crippen molar-refractivity contribution in [1.29, 1.82) is 0 Å². The SMILES string of the molecule is CC1(C)OB(c2ccc(N3CCN(C(=O)OCc4ccccc4)CC3)cc2)OC1(C)C. The van der Waals surface area contributed by atoms with Crippen molar-refractivity contribution in [3.63, 3.8) is 0 Å². The highest BCUT2D eigenvalue weighted by Crippen LogP contribution is 2.36. The first kappa shape index (κ1) is 21.7. The fourth-order valence-corrected chi connectivity index (χ4v) is 3.78. The van der Waals surface area contributed by atoms with Crippen LogP contribution in [0.15, 0.2) is 54.6 Å². The van der Waals surface area contributed by atoms with Crippen molar-refractivity contribution in [2.45, 2.75) is 45.5 Å². The largest absolute Gasteiger partial charge is 0.494 e. The van der Waals surface area contributed by atoms with Crippen LogP contribution in [0.25, 0.3) is 0 Å². The number of piperazine rings is 1. The van der Waals surface area contributed by atoms with Crippen molar-refractivity contribution in [3.05, 3.63) is 60.2 Å². The van der Waals surface area contributed by atoms with E-state index in [1.54, 1.807) is 4.90 Å². The lowest BCUT2D eigenvalue weighted by Crippen LogP contribution is -2.49. The van der Waals surface area contributed by atoms with Gasteiger partial charge < -0.3 is 23.8 Å². The summed E-state index contributed by atoms with van der Waals surface area (Å²) < 4.78 is 17.7. The standard InChI is InChI=1S/C24H31BN2O4/c1-23(2)24(3,4)31-25(30-23)20-10-12-21(13-11-20)26-14-16-27(17-15-26)22(28)29-18-19-8-6-5-7-9-19/h5-13H,14-18H2,1-4H3. The molecule has 1 amide bonds. The van der Waals surface area contributed by atoms with Crippen LogP contribution in [0.3, 0.4) is 0 Å². The summed E-state index contributed by atoms with van der Waals surface area (Å²) in [6.07, 6.45) is -0.250. The Labute approximate surface area is 185 Å². The van der Waals surface area contributed by atoms with E-state index >= 15 is 0 Å². The minimum absolute atomic E-state index is 0.250. The third-order valence-electron chi connectivity index (χ3n) is 6.53. The van der Waals surface area contributed by atoms with Crippen LogP contribution >= 0.6 is 0 Å². The van der Waals surface area contributed by atoms with Gasteiger partial charge in [-0.05, 0) is 50.9 Å². The van der Waals surface area contributed by atoms with Gasteiger partial charge in [0.1, 0.15) is 6.61 Å². The molecule has 2 aliphatic rings. The Balaban J connectivity index is 1.29. The first-order chi connectivity index (χ1) is 14.7. The van der Waals surface area contributed by atoms with Crippen LogP contribution in [0.2, 0.25) is 0 Å². The van der Waals surface area contributed by atoms with Crippen LogP contribution in [0.5, 0.6) is 0 Å². The van der Waals surface area contributed by atoms with E-state index < -0.39 is 0 Å². The number of benzene rings is 2. The van der Waals surface area contributed by atoms with Gasteiger partial charge in [0, 0.05) is 31.9 Å². The monoisotopic (exact) mass is 422 g/mol. The number of hydrogen-bond donors (Lipinski definition) is 0. The third kappa shape index (κ3) is 4.73. The highest BCUT2D eigenvalue weighted by Gasteiger charge is 2.51.